The van der Waals surface area contributed by atoms with Crippen molar-refractivity contribution in [2.45, 2.75) is 33.0 Å². The molecule has 38 heavy (non-hydrogen) atoms. The number of aliphatic hydroxyl groups excluding tert-OH is 1. The third kappa shape index (κ3) is 5.88. The third-order valence-corrected chi connectivity index (χ3v) is 6.71. The van der Waals surface area contributed by atoms with Gasteiger partial charge < -0.3 is 25.8 Å². The number of hydrogen-bond acceptors (Lipinski definition) is 10. The molecule has 0 amide bonds. The second kappa shape index (κ2) is 12.0. The second-order valence-corrected chi connectivity index (χ2v) is 9.66. The summed E-state index contributed by atoms with van der Waals surface area (Å²) >= 11 is 13.1. The Morgan fingerprint density at radius 1 is 1.29 bits per heavy atom. The molecule has 3 aromatic rings. The molecule has 0 aliphatic carbocycles. The molecule has 1 aromatic carbocycles. The van der Waals surface area contributed by atoms with Gasteiger partial charge in [-0.25, -0.2) is 19.9 Å². The fraction of sp³-hybridized carbons (Fsp3) is 0.346. The molecule has 0 saturated carbocycles. The minimum Gasteiger partial charge on any atom is -0.491 e. The van der Waals surface area contributed by atoms with Crippen LogP contribution in [0.3, 0.4) is 0 Å². The van der Waals surface area contributed by atoms with Crippen molar-refractivity contribution in [1.82, 2.24) is 25.3 Å². The molecule has 0 saturated heterocycles. The lowest BCUT2D eigenvalue weighted by Crippen LogP contribution is -2.29. The SMILES string of the molecule is CN=C(C(Cl)=CN)c1nc(-c2cc(OC[C@H](O)CNC)ccc2Cl)nc(N2Cc3cnc(C)nc3C2)c1C. The van der Waals surface area contributed by atoms with Crippen LogP contribution in [-0.4, -0.2) is 64.1 Å². The molecule has 3 heterocycles. The maximum atomic E-state index is 10.0. The molecular formula is C26H30Cl2N8O2. The zero-order chi connectivity index (χ0) is 27.4. The maximum absolute atomic E-state index is 10.0. The van der Waals surface area contributed by atoms with Crippen molar-refractivity contribution in [3.63, 3.8) is 0 Å². The van der Waals surface area contributed by atoms with Crippen LogP contribution in [0, 0.1) is 13.8 Å². The lowest BCUT2D eigenvalue weighted by molar-refractivity contribution is 0.108. The van der Waals surface area contributed by atoms with Crippen LogP contribution >= 0.6 is 23.2 Å². The summed E-state index contributed by atoms with van der Waals surface area (Å²) in [7, 11) is 3.39. The van der Waals surface area contributed by atoms with Gasteiger partial charge in [-0.1, -0.05) is 23.2 Å². The van der Waals surface area contributed by atoms with E-state index in [1.54, 1.807) is 32.3 Å². The Balaban J connectivity index is 1.81. The summed E-state index contributed by atoms with van der Waals surface area (Å²) in [6.07, 6.45) is 2.47. The number of aryl methyl sites for hydroxylation is 1. The number of benzene rings is 1. The van der Waals surface area contributed by atoms with E-state index in [9.17, 15) is 5.11 Å². The summed E-state index contributed by atoms with van der Waals surface area (Å²) in [5.41, 5.74) is 10.0. The number of aliphatic imine (C=N–C) groups is 1. The van der Waals surface area contributed by atoms with Gasteiger partial charge in [0.05, 0.1) is 28.0 Å². The predicted molar refractivity (Wildman–Crippen MR) is 150 cm³/mol. The zero-order valence-electron chi connectivity index (χ0n) is 21.7. The van der Waals surface area contributed by atoms with E-state index in [1.165, 1.54) is 6.20 Å². The Bertz CT molecular complexity index is 1400. The van der Waals surface area contributed by atoms with E-state index in [0.29, 0.717) is 59.0 Å². The smallest absolute Gasteiger partial charge is 0.163 e. The fourth-order valence-electron chi connectivity index (χ4n) is 4.22. The summed E-state index contributed by atoms with van der Waals surface area (Å²) < 4.78 is 5.80. The zero-order valence-corrected chi connectivity index (χ0v) is 23.2. The van der Waals surface area contributed by atoms with Crippen LogP contribution in [0.2, 0.25) is 5.02 Å². The Hall–Kier alpha value is -3.31. The summed E-state index contributed by atoms with van der Waals surface area (Å²) in [4.78, 5) is 25.2. The van der Waals surface area contributed by atoms with Gasteiger partial charge in [0.25, 0.3) is 0 Å². The summed E-state index contributed by atoms with van der Waals surface area (Å²) in [6, 6.07) is 5.20. The second-order valence-electron chi connectivity index (χ2n) is 8.84. The molecule has 0 fully saturated rings. The van der Waals surface area contributed by atoms with Crippen LogP contribution in [0.5, 0.6) is 5.75 Å². The number of allylic oxidation sites excluding steroid dienone is 1. The first kappa shape index (κ1) is 27.7. The van der Waals surface area contributed by atoms with Crippen molar-refractivity contribution in [1.29, 1.82) is 0 Å². The molecule has 0 radical (unpaired) electrons. The number of halogens is 2. The molecule has 1 atom stereocenters. The fourth-order valence-corrected chi connectivity index (χ4v) is 4.60. The number of aromatic nitrogens is 4. The lowest BCUT2D eigenvalue weighted by atomic mass is 10.1. The largest absolute Gasteiger partial charge is 0.491 e. The molecular weight excluding hydrogens is 527 g/mol. The highest BCUT2D eigenvalue weighted by molar-refractivity contribution is 6.46. The average Bonchev–Trinajstić information content (AvgIpc) is 3.32. The number of anilines is 1. The first-order valence-corrected chi connectivity index (χ1v) is 12.8. The Morgan fingerprint density at radius 2 is 2.08 bits per heavy atom. The summed E-state index contributed by atoms with van der Waals surface area (Å²) in [5.74, 6) is 2.30. The highest BCUT2D eigenvalue weighted by Gasteiger charge is 2.27. The molecule has 0 bridgehead atoms. The molecule has 200 valence electrons. The Labute approximate surface area is 231 Å². The number of nitrogens with zero attached hydrogens (tertiary/aromatic N) is 6. The average molecular weight is 557 g/mol. The van der Waals surface area contributed by atoms with Crippen molar-refractivity contribution in [2.75, 3.05) is 32.1 Å². The van der Waals surface area contributed by atoms with Crippen molar-refractivity contribution in [3.8, 4) is 17.1 Å². The van der Waals surface area contributed by atoms with Gasteiger partial charge in [0.1, 0.15) is 35.8 Å². The first-order valence-electron chi connectivity index (χ1n) is 12.0. The van der Waals surface area contributed by atoms with Gasteiger partial charge in [0.15, 0.2) is 5.82 Å². The van der Waals surface area contributed by atoms with E-state index in [0.717, 1.165) is 22.6 Å². The predicted octanol–water partition coefficient (Wildman–Crippen LogP) is 3.14. The Morgan fingerprint density at radius 3 is 2.79 bits per heavy atom. The van der Waals surface area contributed by atoms with Gasteiger partial charge >= 0.3 is 0 Å². The standard InChI is InChI=1S/C26H30Cl2N8O2/c1-14-23(24(31-4)21(28)8-29)34-25(19-7-18(5-6-20(19)27)38-13-17(37)10-30-3)35-26(14)36-11-16-9-32-15(2)33-22(16)12-36/h5-9,17,30,37H,10-13,29H2,1-4H3/t17-/m1/s1. The van der Waals surface area contributed by atoms with E-state index in [1.807, 2.05) is 20.0 Å². The van der Waals surface area contributed by atoms with Gasteiger partial charge in [0, 0.05) is 49.2 Å². The van der Waals surface area contributed by atoms with Crippen molar-refractivity contribution in [3.05, 3.63) is 69.0 Å². The number of likely N-dealkylation sites (N-methyl/N-ethyl adjacent to an activating group) is 1. The third-order valence-electron chi connectivity index (χ3n) is 6.08. The van der Waals surface area contributed by atoms with Crippen LogP contribution in [0.15, 0.2) is 40.6 Å². The maximum Gasteiger partial charge on any atom is 0.163 e. The van der Waals surface area contributed by atoms with E-state index >= 15 is 0 Å². The molecule has 12 heteroatoms. The van der Waals surface area contributed by atoms with Gasteiger partial charge in [-0.15, -0.1) is 0 Å². The summed E-state index contributed by atoms with van der Waals surface area (Å²) in [6.45, 7) is 5.47. The van der Waals surface area contributed by atoms with E-state index in [2.05, 4.69) is 25.2 Å². The number of nitrogens with two attached hydrogens (primary N) is 1. The minimum absolute atomic E-state index is 0.114. The first-order chi connectivity index (χ1) is 18.2. The number of ether oxygens (including phenoxy) is 1. The highest BCUT2D eigenvalue weighted by Crippen LogP contribution is 2.35. The summed E-state index contributed by atoms with van der Waals surface area (Å²) in [5, 5.41) is 13.7. The Kier molecular flexibility index (Phi) is 8.78. The van der Waals surface area contributed by atoms with Crippen molar-refractivity contribution >= 4 is 34.7 Å². The van der Waals surface area contributed by atoms with E-state index < -0.39 is 6.10 Å². The molecule has 2 aromatic heterocycles. The molecule has 0 unspecified atom stereocenters. The van der Waals surface area contributed by atoms with E-state index in [-0.39, 0.29) is 11.6 Å². The quantitative estimate of drug-likeness (QED) is 0.339. The van der Waals surface area contributed by atoms with Crippen LogP contribution in [-0.2, 0) is 13.1 Å². The van der Waals surface area contributed by atoms with Gasteiger partial charge in [0.2, 0.25) is 0 Å². The van der Waals surface area contributed by atoms with Gasteiger partial charge in [-0.3, -0.25) is 4.99 Å². The number of fused-ring (bicyclic) bond motifs is 1. The van der Waals surface area contributed by atoms with Crippen LogP contribution in [0.4, 0.5) is 5.82 Å². The number of hydrogen-bond donors (Lipinski definition) is 3. The number of rotatable bonds is 9. The van der Waals surface area contributed by atoms with Crippen molar-refractivity contribution in [2.24, 2.45) is 10.7 Å². The normalized spacial score (nSPS) is 14.6. The molecule has 4 N–H and O–H groups in total. The van der Waals surface area contributed by atoms with Crippen LogP contribution in [0.25, 0.3) is 11.4 Å². The molecule has 1 aliphatic rings. The molecule has 10 nitrogen and oxygen atoms in total. The lowest BCUT2D eigenvalue weighted by Gasteiger charge is -2.22. The van der Waals surface area contributed by atoms with Gasteiger partial charge in [-0.2, -0.15) is 0 Å². The van der Waals surface area contributed by atoms with Crippen molar-refractivity contribution < 1.29 is 9.84 Å². The number of aliphatic hydroxyl groups is 1. The topological polar surface area (TPSA) is 135 Å². The van der Waals surface area contributed by atoms with Crippen LogP contribution in [0.1, 0.15) is 28.3 Å². The van der Waals surface area contributed by atoms with Crippen LogP contribution < -0.4 is 20.7 Å². The number of nitrogens with one attached hydrogen (secondary N) is 1. The molecule has 1 aliphatic heterocycles. The van der Waals surface area contributed by atoms with E-state index in [4.69, 9.17) is 43.6 Å². The monoisotopic (exact) mass is 556 g/mol. The molecule has 0 spiro atoms. The molecule has 4 rings (SSSR count). The highest BCUT2D eigenvalue weighted by atomic mass is 35.5. The minimum atomic E-state index is -0.662. The van der Waals surface area contributed by atoms with Gasteiger partial charge in [-0.05, 0) is 39.1 Å².